The summed E-state index contributed by atoms with van der Waals surface area (Å²) in [7, 11) is 0. The van der Waals surface area contributed by atoms with Crippen LogP contribution in [0.5, 0.6) is 0 Å². The predicted octanol–water partition coefficient (Wildman–Crippen LogP) is 4.68. The van der Waals surface area contributed by atoms with Crippen molar-refractivity contribution in [2.45, 2.75) is 26.3 Å². The first-order valence-corrected chi connectivity index (χ1v) is 7.63. The number of nitrogens with one attached hydrogen (secondary N) is 1. The van der Waals surface area contributed by atoms with Crippen molar-refractivity contribution in [1.82, 2.24) is 5.32 Å². The summed E-state index contributed by atoms with van der Waals surface area (Å²) in [6.45, 7) is 4.99. The molecule has 5 nitrogen and oxygen atoms in total. The normalized spacial score (nSPS) is 12.3. The van der Waals surface area contributed by atoms with Crippen molar-refractivity contribution >= 4 is 21.6 Å². The molecule has 0 aliphatic carbocycles. The van der Waals surface area contributed by atoms with E-state index < -0.39 is 4.92 Å². The van der Waals surface area contributed by atoms with Gasteiger partial charge in [0.15, 0.2) is 0 Å². The Kier molecular flexibility index (Phi) is 5.14. The monoisotopic (exact) mass is 352 g/mol. The largest absolute Gasteiger partial charge is 0.459 e. The second-order valence-electron chi connectivity index (χ2n) is 4.64. The van der Waals surface area contributed by atoms with E-state index in [0.717, 1.165) is 18.7 Å². The van der Waals surface area contributed by atoms with Gasteiger partial charge in [0, 0.05) is 11.6 Å². The average Bonchev–Trinajstić information content (AvgIpc) is 2.94. The quantitative estimate of drug-likeness (QED) is 0.605. The number of furan rings is 1. The number of benzene rings is 1. The maximum absolute atomic E-state index is 11.0. The van der Waals surface area contributed by atoms with Gasteiger partial charge in [-0.3, -0.25) is 10.1 Å². The van der Waals surface area contributed by atoms with Crippen molar-refractivity contribution in [3.05, 3.63) is 50.7 Å². The van der Waals surface area contributed by atoms with Crippen LogP contribution in [-0.4, -0.2) is 11.5 Å². The molecule has 0 radical (unpaired) electrons. The lowest BCUT2D eigenvalue weighted by molar-refractivity contribution is -0.385. The van der Waals surface area contributed by atoms with Gasteiger partial charge in [-0.15, -0.1) is 0 Å². The molecule has 1 N–H and O–H groups in total. The summed E-state index contributed by atoms with van der Waals surface area (Å²) in [4.78, 5) is 10.6. The minimum Gasteiger partial charge on any atom is -0.459 e. The van der Waals surface area contributed by atoms with Crippen molar-refractivity contribution in [2.75, 3.05) is 6.54 Å². The Bertz CT molecular complexity index is 640. The third kappa shape index (κ3) is 3.51. The molecule has 112 valence electrons. The molecule has 0 aliphatic rings. The summed E-state index contributed by atoms with van der Waals surface area (Å²) in [5, 5.41) is 14.3. The van der Waals surface area contributed by atoms with Crippen LogP contribution < -0.4 is 5.32 Å². The summed E-state index contributed by atoms with van der Waals surface area (Å²) >= 11 is 3.18. The van der Waals surface area contributed by atoms with Crippen molar-refractivity contribution in [3.63, 3.8) is 0 Å². The Hall–Kier alpha value is -1.66. The van der Waals surface area contributed by atoms with Gasteiger partial charge in [-0.1, -0.05) is 13.8 Å². The van der Waals surface area contributed by atoms with Gasteiger partial charge in [-0.25, -0.2) is 0 Å². The molecule has 6 heteroatoms. The van der Waals surface area contributed by atoms with Crippen LogP contribution in [0.1, 0.15) is 32.1 Å². The van der Waals surface area contributed by atoms with Gasteiger partial charge in [0.05, 0.1) is 15.4 Å². The molecule has 2 aromatic rings. The summed E-state index contributed by atoms with van der Waals surface area (Å²) < 4.78 is 6.31. The standard InChI is InChI=1S/C15H17BrN2O3/c1-3-12(17-4-2)15-8-7-14(21-15)10-5-6-11(16)13(9-10)18(19)20/h5-9,12,17H,3-4H2,1-2H3. The number of halogens is 1. The predicted molar refractivity (Wildman–Crippen MR) is 85.2 cm³/mol. The van der Waals surface area contributed by atoms with Crippen LogP contribution >= 0.6 is 15.9 Å². The van der Waals surface area contributed by atoms with Crippen LogP contribution in [-0.2, 0) is 0 Å². The number of hydrogen-bond donors (Lipinski definition) is 1. The number of hydrogen-bond acceptors (Lipinski definition) is 4. The minimum absolute atomic E-state index is 0.0316. The Morgan fingerprint density at radius 1 is 1.33 bits per heavy atom. The van der Waals surface area contributed by atoms with E-state index in [2.05, 4.69) is 28.2 Å². The summed E-state index contributed by atoms with van der Waals surface area (Å²) in [5.74, 6) is 1.48. The summed E-state index contributed by atoms with van der Waals surface area (Å²) in [5.41, 5.74) is 0.728. The molecule has 0 saturated carbocycles. The van der Waals surface area contributed by atoms with Gasteiger partial charge in [-0.05, 0) is 53.2 Å². The molecule has 1 aromatic carbocycles. The highest BCUT2D eigenvalue weighted by atomic mass is 79.9. The van der Waals surface area contributed by atoms with E-state index in [-0.39, 0.29) is 11.7 Å². The van der Waals surface area contributed by atoms with Crippen molar-refractivity contribution in [2.24, 2.45) is 0 Å². The Balaban J connectivity index is 2.33. The Morgan fingerprint density at radius 2 is 2.10 bits per heavy atom. The van der Waals surface area contributed by atoms with Crippen molar-refractivity contribution in [3.8, 4) is 11.3 Å². The zero-order valence-electron chi connectivity index (χ0n) is 11.9. The lowest BCUT2D eigenvalue weighted by Gasteiger charge is -2.12. The van der Waals surface area contributed by atoms with Crippen LogP contribution in [0.2, 0.25) is 0 Å². The first kappa shape index (κ1) is 15.7. The van der Waals surface area contributed by atoms with Gasteiger partial charge in [0.1, 0.15) is 11.5 Å². The highest BCUT2D eigenvalue weighted by molar-refractivity contribution is 9.10. The first-order chi connectivity index (χ1) is 10.1. The lowest BCUT2D eigenvalue weighted by Crippen LogP contribution is -2.19. The van der Waals surface area contributed by atoms with E-state index in [1.165, 1.54) is 6.07 Å². The number of nitro benzene ring substituents is 1. The number of nitrogens with zero attached hydrogens (tertiary/aromatic N) is 1. The molecule has 0 spiro atoms. The Morgan fingerprint density at radius 3 is 2.71 bits per heavy atom. The highest BCUT2D eigenvalue weighted by Gasteiger charge is 2.17. The fourth-order valence-electron chi connectivity index (χ4n) is 2.19. The SMILES string of the molecule is CCNC(CC)c1ccc(-c2ccc(Br)c([N+](=O)[O-])c2)o1. The maximum Gasteiger partial charge on any atom is 0.284 e. The number of rotatable bonds is 6. The summed E-state index contributed by atoms with van der Waals surface area (Å²) in [6, 6.07) is 8.91. The van der Waals surface area contributed by atoms with Gasteiger partial charge in [0.25, 0.3) is 5.69 Å². The topological polar surface area (TPSA) is 68.3 Å². The third-order valence-corrected chi connectivity index (χ3v) is 3.93. The number of nitro groups is 1. The van der Waals surface area contributed by atoms with E-state index in [9.17, 15) is 10.1 Å². The highest BCUT2D eigenvalue weighted by Crippen LogP contribution is 2.32. The van der Waals surface area contributed by atoms with Gasteiger partial charge < -0.3 is 9.73 Å². The molecule has 21 heavy (non-hydrogen) atoms. The van der Waals surface area contributed by atoms with Crippen molar-refractivity contribution < 1.29 is 9.34 Å². The fraction of sp³-hybridized carbons (Fsp3) is 0.333. The van der Waals surface area contributed by atoms with Crippen LogP contribution in [0.4, 0.5) is 5.69 Å². The van der Waals surface area contributed by atoms with E-state index in [1.807, 2.05) is 19.1 Å². The zero-order chi connectivity index (χ0) is 15.4. The zero-order valence-corrected chi connectivity index (χ0v) is 13.5. The smallest absolute Gasteiger partial charge is 0.284 e. The molecule has 1 atom stereocenters. The van der Waals surface area contributed by atoms with Gasteiger partial charge >= 0.3 is 0 Å². The Labute approximate surface area is 131 Å². The maximum atomic E-state index is 11.0. The van der Waals surface area contributed by atoms with Crippen LogP contribution in [0.15, 0.2) is 39.2 Å². The molecule has 2 rings (SSSR count). The van der Waals surface area contributed by atoms with Crippen LogP contribution in [0, 0.1) is 10.1 Å². The lowest BCUT2D eigenvalue weighted by atomic mass is 10.1. The minimum atomic E-state index is -0.412. The first-order valence-electron chi connectivity index (χ1n) is 6.84. The van der Waals surface area contributed by atoms with E-state index in [4.69, 9.17) is 4.42 Å². The molecule has 0 fully saturated rings. The molecular formula is C15H17BrN2O3. The summed E-state index contributed by atoms with van der Waals surface area (Å²) in [6.07, 6.45) is 0.918. The van der Waals surface area contributed by atoms with Crippen LogP contribution in [0.25, 0.3) is 11.3 Å². The fourth-order valence-corrected chi connectivity index (χ4v) is 2.59. The molecule has 0 bridgehead atoms. The molecule has 0 saturated heterocycles. The molecule has 1 unspecified atom stereocenters. The molecule has 0 amide bonds. The van der Waals surface area contributed by atoms with E-state index in [0.29, 0.717) is 15.8 Å². The van der Waals surface area contributed by atoms with Crippen molar-refractivity contribution in [1.29, 1.82) is 0 Å². The second kappa shape index (κ2) is 6.87. The van der Waals surface area contributed by atoms with E-state index in [1.54, 1.807) is 12.1 Å². The van der Waals surface area contributed by atoms with Crippen LogP contribution in [0.3, 0.4) is 0 Å². The third-order valence-electron chi connectivity index (χ3n) is 3.26. The molecular weight excluding hydrogens is 336 g/mol. The molecule has 0 aliphatic heterocycles. The van der Waals surface area contributed by atoms with Gasteiger partial charge in [0.2, 0.25) is 0 Å². The average molecular weight is 353 g/mol. The van der Waals surface area contributed by atoms with E-state index >= 15 is 0 Å². The molecule has 1 aromatic heterocycles. The second-order valence-corrected chi connectivity index (χ2v) is 5.50. The molecule has 1 heterocycles. The van der Waals surface area contributed by atoms with Gasteiger partial charge in [-0.2, -0.15) is 0 Å².